The van der Waals surface area contributed by atoms with E-state index in [1.165, 1.54) is 0 Å². The van der Waals surface area contributed by atoms with E-state index in [2.05, 4.69) is 5.10 Å². The molecule has 106 valence electrons. The summed E-state index contributed by atoms with van der Waals surface area (Å²) in [6, 6.07) is 9.19. The van der Waals surface area contributed by atoms with Crippen LogP contribution in [0.2, 0.25) is 0 Å². The molecule has 0 fully saturated rings. The smallest absolute Gasteiger partial charge is 0.214 e. The van der Waals surface area contributed by atoms with Crippen LogP contribution in [0.3, 0.4) is 0 Å². The summed E-state index contributed by atoms with van der Waals surface area (Å²) in [5, 5.41) is 4.32. The third-order valence-corrected chi connectivity index (χ3v) is 3.03. The molecule has 0 amide bonds. The van der Waals surface area contributed by atoms with Crippen LogP contribution >= 0.6 is 0 Å². The van der Waals surface area contributed by atoms with Crippen LogP contribution in [0.4, 0.5) is 0 Å². The molecular formula is C16H20N2O2. The molecule has 0 saturated carbocycles. The second-order valence-electron chi connectivity index (χ2n) is 4.66. The van der Waals surface area contributed by atoms with E-state index >= 15 is 0 Å². The Balaban J connectivity index is 2.37. The van der Waals surface area contributed by atoms with Gasteiger partial charge in [-0.25, -0.2) is 0 Å². The molecule has 0 atom stereocenters. The van der Waals surface area contributed by atoms with Crippen molar-refractivity contribution < 1.29 is 9.53 Å². The lowest BCUT2D eigenvalue weighted by Crippen LogP contribution is -2.12. The zero-order valence-electron chi connectivity index (χ0n) is 12.2. The molecule has 0 aliphatic heterocycles. The van der Waals surface area contributed by atoms with Crippen molar-refractivity contribution in [3.05, 3.63) is 47.3 Å². The zero-order chi connectivity index (χ0) is 14.5. The summed E-state index contributed by atoms with van der Waals surface area (Å²) in [6.07, 6.45) is 0.911. The molecule has 1 heterocycles. The lowest BCUT2D eigenvalue weighted by molar-refractivity contribution is 0.102. The highest BCUT2D eigenvalue weighted by molar-refractivity contribution is 6.09. The summed E-state index contributed by atoms with van der Waals surface area (Å²) in [5.74, 6) is 0.597. The molecule has 0 bridgehead atoms. The van der Waals surface area contributed by atoms with Gasteiger partial charge in [0, 0.05) is 6.54 Å². The minimum Gasteiger partial charge on any atom is -0.493 e. The molecule has 4 nitrogen and oxygen atoms in total. The van der Waals surface area contributed by atoms with E-state index in [1.807, 2.05) is 45.0 Å². The van der Waals surface area contributed by atoms with Gasteiger partial charge in [-0.2, -0.15) is 5.10 Å². The lowest BCUT2D eigenvalue weighted by Gasteiger charge is -2.10. The Labute approximate surface area is 119 Å². The molecule has 0 saturated heterocycles. The Morgan fingerprint density at radius 2 is 2.05 bits per heavy atom. The van der Waals surface area contributed by atoms with Gasteiger partial charge in [-0.1, -0.05) is 19.1 Å². The largest absolute Gasteiger partial charge is 0.493 e. The number of para-hydroxylation sites is 1. The number of benzene rings is 1. The SMILES string of the molecule is CCCOc1ccccc1C(=O)c1cc(C)nn1CC. The number of rotatable bonds is 6. The van der Waals surface area contributed by atoms with Crippen LogP contribution in [0.5, 0.6) is 5.75 Å². The molecule has 2 aromatic rings. The fourth-order valence-corrected chi connectivity index (χ4v) is 2.10. The molecular weight excluding hydrogens is 252 g/mol. The average molecular weight is 272 g/mol. The van der Waals surface area contributed by atoms with Crippen LogP contribution in [0.1, 0.15) is 42.0 Å². The van der Waals surface area contributed by atoms with Crippen molar-refractivity contribution >= 4 is 5.78 Å². The standard InChI is InChI=1S/C16H20N2O2/c1-4-10-20-15-9-7-6-8-13(15)16(19)14-11-12(3)17-18(14)5-2/h6-9,11H,4-5,10H2,1-3H3. The first-order valence-corrected chi connectivity index (χ1v) is 6.98. The Bertz CT molecular complexity index is 602. The van der Waals surface area contributed by atoms with Crippen molar-refractivity contribution in [1.82, 2.24) is 9.78 Å². The third kappa shape index (κ3) is 2.90. The number of hydrogen-bond donors (Lipinski definition) is 0. The van der Waals surface area contributed by atoms with Gasteiger partial charge in [0.15, 0.2) is 0 Å². The van der Waals surface area contributed by atoms with Crippen LogP contribution in [-0.2, 0) is 6.54 Å². The highest BCUT2D eigenvalue weighted by Crippen LogP contribution is 2.22. The van der Waals surface area contributed by atoms with Crippen molar-refractivity contribution in [2.24, 2.45) is 0 Å². The number of ether oxygens (including phenoxy) is 1. The number of hydrogen-bond acceptors (Lipinski definition) is 3. The normalized spacial score (nSPS) is 10.6. The van der Waals surface area contributed by atoms with Crippen molar-refractivity contribution in [3.8, 4) is 5.75 Å². The Kier molecular flexibility index (Phi) is 4.56. The number of nitrogens with zero attached hydrogens (tertiary/aromatic N) is 2. The third-order valence-electron chi connectivity index (χ3n) is 3.03. The topological polar surface area (TPSA) is 44.1 Å². The molecule has 0 unspecified atom stereocenters. The summed E-state index contributed by atoms with van der Waals surface area (Å²) in [6.45, 7) is 7.19. The summed E-state index contributed by atoms with van der Waals surface area (Å²) in [7, 11) is 0. The van der Waals surface area contributed by atoms with E-state index in [9.17, 15) is 4.79 Å². The molecule has 0 N–H and O–H groups in total. The van der Waals surface area contributed by atoms with E-state index in [4.69, 9.17) is 4.74 Å². The minimum atomic E-state index is -0.0425. The van der Waals surface area contributed by atoms with E-state index in [0.717, 1.165) is 12.1 Å². The predicted molar refractivity (Wildman–Crippen MR) is 78.3 cm³/mol. The fourth-order valence-electron chi connectivity index (χ4n) is 2.10. The molecule has 1 aromatic carbocycles. The number of ketones is 1. The van der Waals surface area contributed by atoms with E-state index in [-0.39, 0.29) is 5.78 Å². The molecule has 0 spiro atoms. The molecule has 0 aliphatic carbocycles. The van der Waals surface area contributed by atoms with Crippen molar-refractivity contribution in [1.29, 1.82) is 0 Å². The summed E-state index contributed by atoms with van der Waals surface area (Å²) < 4.78 is 7.39. The van der Waals surface area contributed by atoms with Gasteiger partial charge < -0.3 is 4.74 Å². The predicted octanol–water partition coefficient (Wildman–Crippen LogP) is 3.23. The van der Waals surface area contributed by atoms with Gasteiger partial charge >= 0.3 is 0 Å². The minimum absolute atomic E-state index is 0.0425. The monoisotopic (exact) mass is 272 g/mol. The summed E-state index contributed by atoms with van der Waals surface area (Å²) >= 11 is 0. The van der Waals surface area contributed by atoms with Gasteiger partial charge in [0.1, 0.15) is 11.4 Å². The first-order chi connectivity index (χ1) is 9.67. The second kappa shape index (κ2) is 6.37. The second-order valence-corrected chi connectivity index (χ2v) is 4.66. The van der Waals surface area contributed by atoms with Crippen LogP contribution < -0.4 is 4.74 Å². The van der Waals surface area contributed by atoms with Crippen molar-refractivity contribution in [2.75, 3.05) is 6.61 Å². The Hall–Kier alpha value is -2.10. The molecule has 2 rings (SSSR count). The highest BCUT2D eigenvalue weighted by atomic mass is 16.5. The number of aryl methyl sites for hydroxylation is 2. The molecule has 1 aromatic heterocycles. The lowest BCUT2D eigenvalue weighted by atomic mass is 10.1. The van der Waals surface area contributed by atoms with E-state index in [0.29, 0.717) is 30.2 Å². The Morgan fingerprint density at radius 3 is 2.75 bits per heavy atom. The van der Waals surface area contributed by atoms with Gasteiger partial charge in [0.25, 0.3) is 0 Å². The number of carbonyl (C=O) groups is 1. The number of aromatic nitrogens is 2. The van der Waals surface area contributed by atoms with Crippen LogP contribution in [0.15, 0.2) is 30.3 Å². The van der Waals surface area contributed by atoms with Gasteiger partial charge in [-0.15, -0.1) is 0 Å². The van der Waals surface area contributed by atoms with Crippen molar-refractivity contribution in [2.45, 2.75) is 33.7 Å². The quantitative estimate of drug-likeness (QED) is 0.758. The van der Waals surface area contributed by atoms with E-state index < -0.39 is 0 Å². The first-order valence-electron chi connectivity index (χ1n) is 6.98. The van der Waals surface area contributed by atoms with Crippen molar-refractivity contribution in [3.63, 3.8) is 0 Å². The zero-order valence-corrected chi connectivity index (χ0v) is 12.2. The van der Waals surface area contributed by atoms with Crippen LogP contribution in [0.25, 0.3) is 0 Å². The van der Waals surface area contributed by atoms with Crippen LogP contribution in [0, 0.1) is 6.92 Å². The fraction of sp³-hybridized carbons (Fsp3) is 0.375. The van der Waals surface area contributed by atoms with Gasteiger partial charge in [0.05, 0.1) is 17.9 Å². The Morgan fingerprint density at radius 1 is 1.30 bits per heavy atom. The maximum absolute atomic E-state index is 12.7. The summed E-state index contributed by atoms with van der Waals surface area (Å²) in [4.78, 5) is 12.7. The van der Waals surface area contributed by atoms with Gasteiger partial charge in [-0.05, 0) is 38.5 Å². The van der Waals surface area contributed by atoms with Gasteiger partial charge in [-0.3, -0.25) is 9.48 Å². The van der Waals surface area contributed by atoms with E-state index in [1.54, 1.807) is 10.7 Å². The first kappa shape index (κ1) is 14.3. The molecule has 20 heavy (non-hydrogen) atoms. The molecule has 0 aliphatic rings. The maximum atomic E-state index is 12.7. The average Bonchev–Trinajstić information content (AvgIpc) is 2.85. The highest BCUT2D eigenvalue weighted by Gasteiger charge is 2.18. The van der Waals surface area contributed by atoms with Crippen LogP contribution in [-0.4, -0.2) is 22.2 Å². The maximum Gasteiger partial charge on any atom is 0.214 e. The molecule has 0 radical (unpaired) electrons. The summed E-state index contributed by atoms with van der Waals surface area (Å²) in [5.41, 5.74) is 2.05. The van der Waals surface area contributed by atoms with Gasteiger partial charge in [0.2, 0.25) is 5.78 Å². The molecule has 4 heteroatoms. The number of carbonyl (C=O) groups excluding carboxylic acids is 1.